The number of carbonyl (C=O) groups excluding carboxylic acids is 1. The van der Waals surface area contributed by atoms with Gasteiger partial charge in [-0.05, 0) is 43.7 Å². The molecule has 0 saturated heterocycles. The molecule has 0 N–H and O–H groups in total. The molecule has 2 rings (SSSR count). The fraction of sp³-hybridized carbons (Fsp3) is 0.591. The van der Waals surface area contributed by atoms with Crippen LogP contribution in [0, 0.1) is 11.3 Å². The molecule has 1 amide bonds. The minimum Gasteiger partial charge on any atom is -0.336 e. The summed E-state index contributed by atoms with van der Waals surface area (Å²) in [5.74, 6) is 1.04. The van der Waals surface area contributed by atoms with E-state index in [0.717, 1.165) is 6.42 Å². The summed E-state index contributed by atoms with van der Waals surface area (Å²) < 4.78 is 1.68. The van der Waals surface area contributed by atoms with E-state index in [2.05, 4.69) is 27.7 Å². The molecule has 2 unspecified atom stereocenters. The lowest BCUT2D eigenvalue weighted by molar-refractivity contribution is -0.133. The Morgan fingerprint density at radius 3 is 2.44 bits per heavy atom. The molecule has 0 radical (unpaired) electrons. The summed E-state index contributed by atoms with van der Waals surface area (Å²) in [7, 11) is 1.80. The monoisotopic (exact) mass is 371 g/mol. The number of amides is 1. The second-order valence-electron chi connectivity index (χ2n) is 8.79. The quantitative estimate of drug-likeness (QED) is 0.756. The summed E-state index contributed by atoms with van der Waals surface area (Å²) in [6.07, 6.45) is 1.50. The molecule has 5 heteroatoms. The average Bonchev–Trinajstić information content (AvgIpc) is 2.58. The molecule has 0 aliphatic heterocycles. The van der Waals surface area contributed by atoms with Crippen molar-refractivity contribution < 1.29 is 4.79 Å². The van der Waals surface area contributed by atoms with Gasteiger partial charge >= 0.3 is 0 Å². The molecule has 1 aromatic carbocycles. The second kappa shape index (κ2) is 8.24. The Balaban J connectivity index is 2.29. The zero-order chi connectivity index (χ0) is 20.4. The van der Waals surface area contributed by atoms with Crippen LogP contribution >= 0.6 is 0 Å². The molecule has 1 aromatic heterocycles. The highest BCUT2D eigenvalue weighted by atomic mass is 16.2. The zero-order valence-electron chi connectivity index (χ0n) is 17.7. The Hall–Kier alpha value is -2.17. The maximum atomic E-state index is 12.8. The molecule has 2 aromatic rings. The van der Waals surface area contributed by atoms with Crippen molar-refractivity contribution in [3.63, 3.8) is 0 Å². The van der Waals surface area contributed by atoms with E-state index in [9.17, 15) is 9.59 Å². The number of carbonyl (C=O) groups is 1. The van der Waals surface area contributed by atoms with Crippen LogP contribution < -0.4 is 5.56 Å². The molecule has 2 atom stereocenters. The van der Waals surface area contributed by atoms with Gasteiger partial charge in [-0.1, -0.05) is 39.8 Å². The van der Waals surface area contributed by atoms with Gasteiger partial charge in [0.2, 0.25) is 5.91 Å². The van der Waals surface area contributed by atoms with Gasteiger partial charge in [0.1, 0.15) is 5.82 Å². The predicted molar refractivity (Wildman–Crippen MR) is 111 cm³/mol. The maximum Gasteiger partial charge on any atom is 0.261 e. The third-order valence-corrected chi connectivity index (χ3v) is 5.04. The number of nitrogens with zero attached hydrogens (tertiary/aromatic N) is 3. The first-order valence-corrected chi connectivity index (χ1v) is 9.80. The van der Waals surface area contributed by atoms with Crippen LogP contribution in [0.5, 0.6) is 0 Å². The lowest BCUT2D eigenvalue weighted by Gasteiger charge is -2.29. The maximum absolute atomic E-state index is 12.8. The number of fused-ring (bicyclic) bond motifs is 1. The molecule has 0 saturated carbocycles. The van der Waals surface area contributed by atoms with Crippen LogP contribution in [0.4, 0.5) is 0 Å². The van der Waals surface area contributed by atoms with E-state index in [1.165, 1.54) is 0 Å². The molecular formula is C22H33N3O2. The number of hydrogen-bond acceptors (Lipinski definition) is 3. The van der Waals surface area contributed by atoms with Gasteiger partial charge in [0.25, 0.3) is 5.56 Å². The van der Waals surface area contributed by atoms with Crippen molar-refractivity contribution in [2.24, 2.45) is 11.3 Å². The number of aromatic nitrogens is 2. The number of para-hydroxylation sites is 1. The fourth-order valence-corrected chi connectivity index (χ4v) is 3.76. The van der Waals surface area contributed by atoms with Crippen LogP contribution in [0.25, 0.3) is 10.9 Å². The van der Waals surface area contributed by atoms with E-state index in [1.54, 1.807) is 22.6 Å². The number of benzene rings is 1. The van der Waals surface area contributed by atoms with E-state index < -0.39 is 0 Å². The second-order valence-corrected chi connectivity index (χ2v) is 8.79. The number of hydrogen-bond donors (Lipinski definition) is 0. The van der Waals surface area contributed by atoms with Crippen LogP contribution in [0.15, 0.2) is 29.1 Å². The van der Waals surface area contributed by atoms with Crippen LogP contribution in [-0.2, 0) is 11.3 Å². The number of rotatable bonds is 6. The van der Waals surface area contributed by atoms with Crippen LogP contribution in [-0.4, -0.2) is 27.4 Å². The van der Waals surface area contributed by atoms with Crippen LogP contribution in [0.3, 0.4) is 0 Å². The smallest absolute Gasteiger partial charge is 0.261 e. The molecule has 148 valence electrons. The molecule has 0 bridgehead atoms. The standard InChI is InChI=1S/C22H33N3O2/c1-8-25-20(23-18-12-10-9-11-17(18)21(25)27)16(3)24(7)19(26)13-15(2)14-22(4,5)6/h9-12,15-16H,8,13-14H2,1-7H3. The highest BCUT2D eigenvalue weighted by Crippen LogP contribution is 2.27. The van der Waals surface area contributed by atoms with Crippen molar-refractivity contribution in [3.8, 4) is 0 Å². The Morgan fingerprint density at radius 1 is 1.22 bits per heavy atom. The minimum atomic E-state index is -0.267. The first kappa shape index (κ1) is 21.1. The predicted octanol–water partition coefficient (Wildman–Crippen LogP) is 4.40. The Morgan fingerprint density at radius 2 is 1.85 bits per heavy atom. The van der Waals surface area contributed by atoms with Crippen LogP contribution in [0.2, 0.25) is 0 Å². The summed E-state index contributed by atoms with van der Waals surface area (Å²) in [5.41, 5.74) is 0.829. The zero-order valence-corrected chi connectivity index (χ0v) is 17.7. The van der Waals surface area contributed by atoms with Crippen molar-refractivity contribution in [2.75, 3.05) is 7.05 Å². The molecule has 0 aliphatic carbocycles. The molecule has 0 spiro atoms. The fourth-order valence-electron chi connectivity index (χ4n) is 3.76. The SMILES string of the molecule is CCn1c(C(C)N(C)C(=O)CC(C)CC(C)(C)C)nc2ccccc2c1=O. The van der Waals surface area contributed by atoms with Gasteiger partial charge in [-0.15, -0.1) is 0 Å². The Bertz CT molecular complexity index is 864. The molecule has 5 nitrogen and oxygen atoms in total. The summed E-state index contributed by atoms with van der Waals surface area (Å²) >= 11 is 0. The third-order valence-electron chi connectivity index (χ3n) is 5.04. The lowest BCUT2D eigenvalue weighted by Crippen LogP contribution is -2.36. The van der Waals surface area contributed by atoms with Gasteiger partial charge in [-0.2, -0.15) is 0 Å². The van der Waals surface area contributed by atoms with Gasteiger partial charge in [0, 0.05) is 20.0 Å². The Kier molecular flexibility index (Phi) is 6.45. The molecular weight excluding hydrogens is 338 g/mol. The van der Waals surface area contributed by atoms with E-state index in [-0.39, 0.29) is 22.9 Å². The van der Waals surface area contributed by atoms with Crippen molar-refractivity contribution in [2.45, 2.75) is 67.0 Å². The first-order valence-electron chi connectivity index (χ1n) is 9.80. The van der Waals surface area contributed by atoms with Crippen molar-refractivity contribution in [1.29, 1.82) is 0 Å². The van der Waals surface area contributed by atoms with E-state index >= 15 is 0 Å². The van der Waals surface area contributed by atoms with Crippen LogP contribution in [0.1, 0.15) is 66.3 Å². The van der Waals surface area contributed by atoms with E-state index in [1.807, 2.05) is 32.0 Å². The van der Waals surface area contributed by atoms with Gasteiger partial charge < -0.3 is 4.90 Å². The Labute approximate surface area is 162 Å². The lowest BCUT2D eigenvalue weighted by atomic mass is 9.84. The average molecular weight is 372 g/mol. The van der Waals surface area contributed by atoms with Gasteiger partial charge in [0.15, 0.2) is 0 Å². The first-order chi connectivity index (χ1) is 12.5. The van der Waals surface area contributed by atoms with E-state index in [4.69, 9.17) is 4.98 Å². The topological polar surface area (TPSA) is 55.2 Å². The highest BCUT2D eigenvalue weighted by molar-refractivity contribution is 5.78. The molecule has 0 fully saturated rings. The van der Waals surface area contributed by atoms with Crippen molar-refractivity contribution >= 4 is 16.8 Å². The van der Waals surface area contributed by atoms with Gasteiger partial charge in [0.05, 0.1) is 16.9 Å². The van der Waals surface area contributed by atoms with Crippen molar-refractivity contribution in [3.05, 3.63) is 40.4 Å². The summed E-state index contributed by atoms with van der Waals surface area (Å²) in [5, 5.41) is 0.614. The summed E-state index contributed by atoms with van der Waals surface area (Å²) in [4.78, 5) is 32.1. The molecule has 0 aliphatic rings. The normalized spacial score (nSPS) is 14.2. The van der Waals surface area contributed by atoms with Gasteiger partial charge in [-0.25, -0.2) is 4.98 Å². The largest absolute Gasteiger partial charge is 0.336 e. The molecule has 27 heavy (non-hydrogen) atoms. The van der Waals surface area contributed by atoms with Gasteiger partial charge in [-0.3, -0.25) is 14.2 Å². The molecule has 1 heterocycles. The van der Waals surface area contributed by atoms with Crippen molar-refractivity contribution in [1.82, 2.24) is 14.5 Å². The van der Waals surface area contributed by atoms with E-state index in [0.29, 0.717) is 35.6 Å². The summed E-state index contributed by atoms with van der Waals surface area (Å²) in [6.45, 7) is 13.1. The minimum absolute atomic E-state index is 0.0492. The third kappa shape index (κ3) is 4.96. The summed E-state index contributed by atoms with van der Waals surface area (Å²) in [6, 6.07) is 7.11. The highest BCUT2D eigenvalue weighted by Gasteiger charge is 2.25.